The lowest BCUT2D eigenvalue weighted by Crippen LogP contribution is -2.30. The van der Waals surface area contributed by atoms with Gasteiger partial charge in [0.15, 0.2) is 0 Å². The van der Waals surface area contributed by atoms with Crippen molar-refractivity contribution in [3.05, 3.63) is 24.3 Å². The Morgan fingerprint density at radius 2 is 2.14 bits per heavy atom. The van der Waals surface area contributed by atoms with Gasteiger partial charge in [0.05, 0.1) is 18.1 Å². The Balaban J connectivity index is 1.44. The van der Waals surface area contributed by atoms with E-state index in [1.807, 2.05) is 24.3 Å². The molecule has 1 amide bonds. The first-order chi connectivity index (χ1) is 10.3. The maximum absolute atomic E-state index is 12.3. The standard InChI is InChI=1S/C14H15N5O2/c20-14(11-7-10-5-6-12(11)21-10)15-9-3-1-8(2-4-9)13-16-18-19-17-13/h1-4,10-12H,5-7H2,(H,15,20)(H,16,17,18,19)/t10-,11-,12-/m1/s1. The van der Waals surface area contributed by atoms with Gasteiger partial charge in [0.1, 0.15) is 0 Å². The number of aromatic amines is 1. The molecule has 1 aromatic heterocycles. The summed E-state index contributed by atoms with van der Waals surface area (Å²) in [5.74, 6) is 0.574. The lowest BCUT2D eigenvalue weighted by atomic mass is 9.88. The van der Waals surface area contributed by atoms with Gasteiger partial charge in [-0.05, 0) is 48.7 Å². The summed E-state index contributed by atoms with van der Waals surface area (Å²) in [6.07, 6.45) is 3.32. The molecule has 7 heteroatoms. The molecule has 3 atom stereocenters. The molecule has 108 valence electrons. The fourth-order valence-corrected chi connectivity index (χ4v) is 3.14. The van der Waals surface area contributed by atoms with Gasteiger partial charge in [-0.15, -0.1) is 10.2 Å². The van der Waals surface area contributed by atoms with Gasteiger partial charge in [0, 0.05) is 11.3 Å². The number of tetrazole rings is 1. The minimum atomic E-state index is -0.0133. The molecule has 0 radical (unpaired) electrons. The Morgan fingerprint density at radius 3 is 2.76 bits per heavy atom. The number of carbonyl (C=O) groups is 1. The Kier molecular flexibility index (Phi) is 2.92. The minimum Gasteiger partial charge on any atom is -0.374 e. The summed E-state index contributed by atoms with van der Waals surface area (Å²) in [6.45, 7) is 0. The maximum Gasteiger partial charge on any atom is 0.230 e. The van der Waals surface area contributed by atoms with E-state index in [9.17, 15) is 4.79 Å². The highest BCUT2D eigenvalue weighted by molar-refractivity contribution is 5.93. The number of hydrogen-bond acceptors (Lipinski definition) is 5. The van der Waals surface area contributed by atoms with E-state index in [0.717, 1.165) is 30.5 Å². The Bertz CT molecular complexity index is 640. The SMILES string of the molecule is O=C(Nc1ccc(-c2nn[nH]n2)cc1)[C@@H]1C[C@H]2CC[C@H]1O2. The average molecular weight is 285 g/mol. The monoisotopic (exact) mass is 285 g/mol. The van der Waals surface area contributed by atoms with Crippen LogP contribution in [0.25, 0.3) is 11.4 Å². The topological polar surface area (TPSA) is 92.8 Å². The van der Waals surface area contributed by atoms with Crippen LogP contribution in [-0.4, -0.2) is 38.7 Å². The number of anilines is 1. The Morgan fingerprint density at radius 1 is 1.29 bits per heavy atom. The highest BCUT2D eigenvalue weighted by Gasteiger charge is 2.44. The lowest BCUT2D eigenvalue weighted by Gasteiger charge is -2.17. The van der Waals surface area contributed by atoms with E-state index < -0.39 is 0 Å². The van der Waals surface area contributed by atoms with E-state index >= 15 is 0 Å². The van der Waals surface area contributed by atoms with E-state index in [1.165, 1.54) is 0 Å². The van der Waals surface area contributed by atoms with Crippen LogP contribution in [0.4, 0.5) is 5.69 Å². The normalized spacial score (nSPS) is 27.0. The van der Waals surface area contributed by atoms with Crippen LogP contribution in [0.1, 0.15) is 19.3 Å². The fourth-order valence-electron chi connectivity index (χ4n) is 3.14. The van der Waals surface area contributed by atoms with E-state index in [1.54, 1.807) is 0 Å². The second kappa shape index (κ2) is 4.92. The third-order valence-electron chi connectivity index (χ3n) is 4.20. The molecular formula is C14H15N5O2. The van der Waals surface area contributed by atoms with Gasteiger partial charge < -0.3 is 10.1 Å². The maximum atomic E-state index is 12.3. The number of ether oxygens (including phenoxy) is 1. The number of H-pyrrole nitrogens is 1. The van der Waals surface area contributed by atoms with Crippen LogP contribution >= 0.6 is 0 Å². The van der Waals surface area contributed by atoms with Gasteiger partial charge in [-0.3, -0.25) is 4.79 Å². The summed E-state index contributed by atoms with van der Waals surface area (Å²) in [5, 5.41) is 16.7. The number of nitrogens with zero attached hydrogens (tertiary/aromatic N) is 3. The van der Waals surface area contributed by atoms with Crippen LogP contribution in [0.2, 0.25) is 0 Å². The van der Waals surface area contributed by atoms with Crippen LogP contribution in [0, 0.1) is 5.92 Å². The van der Waals surface area contributed by atoms with Crippen molar-refractivity contribution in [1.82, 2.24) is 20.6 Å². The first-order valence-electron chi connectivity index (χ1n) is 7.10. The number of benzene rings is 1. The molecule has 2 aliphatic rings. The van der Waals surface area contributed by atoms with Crippen LogP contribution in [-0.2, 0) is 9.53 Å². The van der Waals surface area contributed by atoms with Crippen molar-refractivity contribution in [1.29, 1.82) is 0 Å². The predicted octanol–water partition coefficient (Wildman–Crippen LogP) is 1.37. The van der Waals surface area contributed by atoms with E-state index in [2.05, 4.69) is 25.9 Å². The Hall–Kier alpha value is -2.28. The average Bonchev–Trinajstić information content (AvgIpc) is 3.25. The molecule has 2 fully saturated rings. The van der Waals surface area contributed by atoms with Crippen LogP contribution in [0.15, 0.2) is 24.3 Å². The van der Waals surface area contributed by atoms with Crippen molar-refractivity contribution >= 4 is 11.6 Å². The number of rotatable bonds is 3. The molecule has 0 saturated carbocycles. The van der Waals surface area contributed by atoms with Crippen molar-refractivity contribution in [3.63, 3.8) is 0 Å². The number of nitrogens with one attached hydrogen (secondary N) is 2. The molecule has 0 aliphatic carbocycles. The van der Waals surface area contributed by atoms with E-state index in [0.29, 0.717) is 5.82 Å². The van der Waals surface area contributed by atoms with Crippen LogP contribution < -0.4 is 5.32 Å². The zero-order chi connectivity index (χ0) is 14.2. The molecule has 2 bridgehead atoms. The molecule has 3 heterocycles. The summed E-state index contributed by atoms with van der Waals surface area (Å²) >= 11 is 0. The lowest BCUT2D eigenvalue weighted by molar-refractivity contribution is -0.121. The number of aromatic nitrogens is 4. The van der Waals surface area contributed by atoms with Crippen molar-refractivity contribution < 1.29 is 9.53 Å². The first-order valence-corrected chi connectivity index (χ1v) is 7.10. The van der Waals surface area contributed by atoms with Crippen LogP contribution in [0.3, 0.4) is 0 Å². The van der Waals surface area contributed by atoms with Gasteiger partial charge in [-0.2, -0.15) is 5.21 Å². The van der Waals surface area contributed by atoms with Gasteiger partial charge in [-0.25, -0.2) is 0 Å². The van der Waals surface area contributed by atoms with Crippen molar-refractivity contribution in [3.8, 4) is 11.4 Å². The highest BCUT2D eigenvalue weighted by Crippen LogP contribution is 2.39. The molecule has 0 unspecified atom stereocenters. The molecule has 2 saturated heterocycles. The number of fused-ring (bicyclic) bond motifs is 2. The van der Waals surface area contributed by atoms with Crippen molar-refractivity contribution in [2.45, 2.75) is 31.5 Å². The zero-order valence-corrected chi connectivity index (χ0v) is 11.3. The smallest absolute Gasteiger partial charge is 0.230 e. The molecule has 1 aromatic carbocycles. The van der Waals surface area contributed by atoms with Crippen molar-refractivity contribution in [2.24, 2.45) is 5.92 Å². The number of carbonyl (C=O) groups excluding carboxylic acids is 1. The van der Waals surface area contributed by atoms with E-state index in [4.69, 9.17) is 4.74 Å². The molecule has 2 N–H and O–H groups in total. The van der Waals surface area contributed by atoms with Gasteiger partial charge in [0.25, 0.3) is 0 Å². The van der Waals surface area contributed by atoms with E-state index in [-0.39, 0.29) is 24.0 Å². The Labute approximate surface area is 121 Å². The second-order valence-corrected chi connectivity index (χ2v) is 5.52. The summed E-state index contributed by atoms with van der Waals surface area (Å²) in [4.78, 5) is 12.3. The fraction of sp³-hybridized carbons (Fsp3) is 0.429. The molecule has 7 nitrogen and oxygen atoms in total. The number of hydrogen-bond donors (Lipinski definition) is 2. The highest BCUT2D eigenvalue weighted by atomic mass is 16.5. The third kappa shape index (κ3) is 2.29. The molecule has 4 rings (SSSR count). The second-order valence-electron chi connectivity index (χ2n) is 5.52. The largest absolute Gasteiger partial charge is 0.374 e. The predicted molar refractivity (Wildman–Crippen MR) is 74.2 cm³/mol. The summed E-state index contributed by atoms with van der Waals surface area (Å²) in [6, 6.07) is 7.41. The molecular weight excluding hydrogens is 270 g/mol. The molecule has 0 spiro atoms. The van der Waals surface area contributed by atoms with Gasteiger partial charge in [-0.1, -0.05) is 0 Å². The zero-order valence-electron chi connectivity index (χ0n) is 11.3. The third-order valence-corrected chi connectivity index (χ3v) is 4.20. The summed E-state index contributed by atoms with van der Waals surface area (Å²) in [5.41, 5.74) is 1.63. The van der Waals surface area contributed by atoms with Crippen molar-refractivity contribution in [2.75, 3.05) is 5.32 Å². The quantitative estimate of drug-likeness (QED) is 0.888. The minimum absolute atomic E-state index is 0.0133. The summed E-state index contributed by atoms with van der Waals surface area (Å²) < 4.78 is 5.72. The van der Waals surface area contributed by atoms with Crippen LogP contribution in [0.5, 0.6) is 0 Å². The summed E-state index contributed by atoms with van der Waals surface area (Å²) in [7, 11) is 0. The molecule has 2 aromatic rings. The number of amides is 1. The molecule has 2 aliphatic heterocycles. The van der Waals surface area contributed by atoms with Gasteiger partial charge in [0.2, 0.25) is 11.7 Å². The van der Waals surface area contributed by atoms with Gasteiger partial charge >= 0.3 is 0 Å². The first kappa shape index (κ1) is 12.5. The molecule has 21 heavy (non-hydrogen) atoms.